The molecule has 0 aliphatic rings. The summed E-state index contributed by atoms with van der Waals surface area (Å²) < 4.78 is 0. The lowest BCUT2D eigenvalue weighted by molar-refractivity contribution is -0.139. The molecular formula is C11H22ClN3O4. The predicted octanol–water partition coefficient (Wildman–Crippen LogP) is 0.439. The Balaban J connectivity index is 0. The van der Waals surface area contributed by atoms with E-state index in [1.54, 1.807) is 13.8 Å². The summed E-state index contributed by atoms with van der Waals surface area (Å²) in [6.45, 7) is 5.88. The number of carbonyl (C=O) groups is 3. The van der Waals surface area contributed by atoms with E-state index in [4.69, 9.17) is 5.11 Å². The van der Waals surface area contributed by atoms with E-state index >= 15 is 0 Å². The van der Waals surface area contributed by atoms with Gasteiger partial charge >= 0.3 is 12.0 Å². The first-order chi connectivity index (χ1) is 8.42. The number of urea groups is 1. The van der Waals surface area contributed by atoms with Crippen molar-refractivity contribution < 1.29 is 19.5 Å². The van der Waals surface area contributed by atoms with Gasteiger partial charge in [-0.15, -0.1) is 12.4 Å². The number of hydrogen-bond donors (Lipinski definition) is 3. The highest BCUT2D eigenvalue weighted by Gasteiger charge is 2.23. The Kier molecular flexibility index (Phi) is 11.1. The van der Waals surface area contributed by atoms with Crippen molar-refractivity contribution in [1.29, 1.82) is 0 Å². The molecule has 7 nitrogen and oxygen atoms in total. The molecule has 0 spiro atoms. The van der Waals surface area contributed by atoms with Crippen LogP contribution < -0.4 is 10.6 Å². The van der Waals surface area contributed by atoms with Gasteiger partial charge in [0.25, 0.3) is 0 Å². The molecule has 3 N–H and O–H groups in total. The van der Waals surface area contributed by atoms with Crippen LogP contribution in [-0.4, -0.2) is 53.6 Å². The van der Waals surface area contributed by atoms with Crippen molar-refractivity contribution in [1.82, 2.24) is 15.5 Å². The van der Waals surface area contributed by atoms with Crippen molar-refractivity contribution in [3.63, 3.8) is 0 Å². The van der Waals surface area contributed by atoms with Gasteiger partial charge in [-0.1, -0.05) is 6.92 Å². The first-order valence-corrected chi connectivity index (χ1v) is 5.96. The summed E-state index contributed by atoms with van der Waals surface area (Å²) in [4.78, 5) is 35.1. The summed E-state index contributed by atoms with van der Waals surface area (Å²) in [6.07, 6.45) is 0.728. The predicted molar refractivity (Wildman–Crippen MR) is 73.4 cm³/mol. The molecule has 0 heterocycles. The fourth-order valence-corrected chi connectivity index (χ4v) is 1.46. The second-order valence-corrected chi connectivity index (χ2v) is 3.89. The zero-order valence-corrected chi connectivity index (χ0v) is 12.2. The van der Waals surface area contributed by atoms with Crippen LogP contribution in [0.1, 0.15) is 27.2 Å². The summed E-state index contributed by atoms with van der Waals surface area (Å²) in [5.41, 5.74) is 0. The molecule has 0 rings (SSSR count). The monoisotopic (exact) mass is 295 g/mol. The number of halogens is 1. The SMILES string of the molecule is CCCN(CC(=O)O)C(C)C(=O)NC(=O)NCC.Cl. The van der Waals surface area contributed by atoms with Crippen LogP contribution in [-0.2, 0) is 9.59 Å². The van der Waals surface area contributed by atoms with Crippen molar-refractivity contribution in [2.24, 2.45) is 0 Å². The average molecular weight is 296 g/mol. The smallest absolute Gasteiger partial charge is 0.321 e. The third-order valence-electron chi connectivity index (χ3n) is 2.35. The van der Waals surface area contributed by atoms with Crippen molar-refractivity contribution in [3.8, 4) is 0 Å². The van der Waals surface area contributed by atoms with E-state index in [0.717, 1.165) is 6.42 Å². The zero-order valence-electron chi connectivity index (χ0n) is 11.4. The molecule has 0 bridgehead atoms. The zero-order chi connectivity index (χ0) is 14.1. The number of carboxylic acid groups (broad SMARTS) is 1. The molecule has 1 unspecified atom stereocenters. The van der Waals surface area contributed by atoms with Gasteiger partial charge in [0.2, 0.25) is 5.91 Å². The number of rotatable bonds is 7. The highest BCUT2D eigenvalue weighted by molar-refractivity contribution is 5.96. The van der Waals surface area contributed by atoms with E-state index in [1.165, 1.54) is 4.90 Å². The molecule has 0 saturated carbocycles. The topological polar surface area (TPSA) is 98.7 Å². The summed E-state index contributed by atoms with van der Waals surface area (Å²) in [5, 5.41) is 13.4. The third-order valence-corrected chi connectivity index (χ3v) is 2.35. The number of carboxylic acids is 1. The van der Waals surface area contributed by atoms with Gasteiger partial charge in [-0.3, -0.25) is 19.8 Å². The minimum Gasteiger partial charge on any atom is -0.480 e. The lowest BCUT2D eigenvalue weighted by atomic mass is 10.2. The van der Waals surface area contributed by atoms with E-state index in [-0.39, 0.29) is 19.0 Å². The highest BCUT2D eigenvalue weighted by Crippen LogP contribution is 2.00. The summed E-state index contributed by atoms with van der Waals surface area (Å²) >= 11 is 0. The molecule has 0 aliphatic heterocycles. The van der Waals surface area contributed by atoms with Crippen LogP contribution in [0.15, 0.2) is 0 Å². The van der Waals surface area contributed by atoms with E-state index in [2.05, 4.69) is 10.6 Å². The van der Waals surface area contributed by atoms with Gasteiger partial charge in [0.1, 0.15) is 0 Å². The number of carbonyl (C=O) groups excluding carboxylic acids is 2. The van der Waals surface area contributed by atoms with Crippen LogP contribution in [0.2, 0.25) is 0 Å². The molecule has 0 saturated heterocycles. The molecule has 0 aromatic rings. The maximum atomic E-state index is 11.7. The van der Waals surface area contributed by atoms with Crippen LogP contribution in [0.25, 0.3) is 0 Å². The van der Waals surface area contributed by atoms with E-state index < -0.39 is 23.9 Å². The number of hydrogen-bond acceptors (Lipinski definition) is 4. The molecule has 0 fully saturated rings. The molecular weight excluding hydrogens is 274 g/mol. The lowest BCUT2D eigenvalue weighted by Crippen LogP contribution is -2.51. The molecule has 0 aliphatic carbocycles. The summed E-state index contributed by atoms with van der Waals surface area (Å²) in [5.74, 6) is -1.50. The Hall–Kier alpha value is -1.34. The van der Waals surface area contributed by atoms with E-state index in [0.29, 0.717) is 13.1 Å². The molecule has 19 heavy (non-hydrogen) atoms. The maximum Gasteiger partial charge on any atom is 0.321 e. The summed E-state index contributed by atoms with van der Waals surface area (Å²) in [6, 6.07) is -1.23. The van der Waals surface area contributed by atoms with Gasteiger partial charge in [0, 0.05) is 6.54 Å². The Morgan fingerprint density at radius 2 is 1.84 bits per heavy atom. The standard InChI is InChI=1S/C11H21N3O4.ClH/c1-4-6-14(7-9(15)16)8(3)10(17)13-11(18)12-5-2;/h8H,4-7H2,1-3H3,(H,15,16)(H2,12,13,17,18);1H. The maximum absolute atomic E-state index is 11.7. The number of aliphatic carboxylic acids is 1. The number of nitrogens with one attached hydrogen (secondary N) is 2. The molecule has 112 valence electrons. The average Bonchev–Trinajstić information content (AvgIpc) is 2.27. The Morgan fingerprint density at radius 1 is 1.26 bits per heavy atom. The minimum absolute atomic E-state index is 0. The van der Waals surface area contributed by atoms with Crippen LogP contribution in [0.4, 0.5) is 4.79 Å². The second-order valence-electron chi connectivity index (χ2n) is 3.89. The van der Waals surface area contributed by atoms with Crippen molar-refractivity contribution in [3.05, 3.63) is 0 Å². The fourth-order valence-electron chi connectivity index (χ4n) is 1.46. The first-order valence-electron chi connectivity index (χ1n) is 5.96. The van der Waals surface area contributed by atoms with Crippen molar-refractivity contribution >= 4 is 30.3 Å². The van der Waals surface area contributed by atoms with Crippen LogP contribution in [0.3, 0.4) is 0 Å². The van der Waals surface area contributed by atoms with E-state index in [1.807, 2.05) is 6.92 Å². The minimum atomic E-state index is -0.999. The van der Waals surface area contributed by atoms with Gasteiger partial charge in [0.05, 0.1) is 12.6 Å². The van der Waals surface area contributed by atoms with Gasteiger partial charge < -0.3 is 10.4 Å². The van der Waals surface area contributed by atoms with Gasteiger partial charge in [-0.05, 0) is 26.8 Å². The normalized spacial score (nSPS) is 11.4. The number of amides is 3. The van der Waals surface area contributed by atoms with Crippen molar-refractivity contribution in [2.45, 2.75) is 33.2 Å². The van der Waals surface area contributed by atoms with Gasteiger partial charge in [0.15, 0.2) is 0 Å². The lowest BCUT2D eigenvalue weighted by Gasteiger charge is -2.25. The van der Waals surface area contributed by atoms with E-state index in [9.17, 15) is 14.4 Å². The van der Waals surface area contributed by atoms with Gasteiger partial charge in [-0.25, -0.2) is 4.79 Å². The van der Waals surface area contributed by atoms with Crippen LogP contribution >= 0.6 is 12.4 Å². The van der Waals surface area contributed by atoms with Gasteiger partial charge in [-0.2, -0.15) is 0 Å². The largest absolute Gasteiger partial charge is 0.480 e. The number of imide groups is 1. The fraction of sp³-hybridized carbons (Fsp3) is 0.727. The quantitative estimate of drug-likeness (QED) is 0.633. The first kappa shape index (κ1) is 20.0. The molecule has 3 amide bonds. The Labute approximate surface area is 119 Å². The summed E-state index contributed by atoms with van der Waals surface area (Å²) in [7, 11) is 0. The third kappa shape index (κ3) is 8.39. The second kappa shape index (κ2) is 10.6. The molecule has 0 aromatic carbocycles. The molecule has 8 heteroatoms. The Morgan fingerprint density at radius 3 is 2.26 bits per heavy atom. The number of nitrogens with zero attached hydrogens (tertiary/aromatic N) is 1. The van der Waals surface area contributed by atoms with Crippen LogP contribution in [0, 0.1) is 0 Å². The highest BCUT2D eigenvalue weighted by atomic mass is 35.5. The Bertz CT molecular complexity index is 312. The van der Waals surface area contributed by atoms with Crippen LogP contribution in [0.5, 0.6) is 0 Å². The van der Waals surface area contributed by atoms with Crippen molar-refractivity contribution in [2.75, 3.05) is 19.6 Å². The molecule has 0 radical (unpaired) electrons. The molecule has 0 aromatic heterocycles. The molecule has 1 atom stereocenters.